The van der Waals surface area contributed by atoms with Crippen LogP contribution in [0.5, 0.6) is 0 Å². The maximum atomic E-state index is 11.9. The Labute approximate surface area is 108 Å². The van der Waals surface area contributed by atoms with Crippen LogP contribution in [-0.4, -0.2) is 41.1 Å². The second-order valence-corrected chi connectivity index (χ2v) is 5.36. The van der Waals surface area contributed by atoms with Crippen molar-refractivity contribution in [1.29, 1.82) is 0 Å². The van der Waals surface area contributed by atoms with Crippen LogP contribution in [-0.2, 0) is 4.79 Å². The molecule has 2 aliphatic rings. The van der Waals surface area contributed by atoms with Crippen LogP contribution < -0.4 is 5.32 Å². The average molecular weight is 254 g/mol. The van der Waals surface area contributed by atoms with Crippen molar-refractivity contribution in [2.45, 2.75) is 51.0 Å². The molecule has 0 aromatic carbocycles. The zero-order valence-electron chi connectivity index (χ0n) is 10.7. The Kier molecular flexibility index (Phi) is 4.44. The number of nitrogens with one attached hydrogen (secondary N) is 1. The van der Waals surface area contributed by atoms with Gasteiger partial charge in [-0.1, -0.05) is 25.7 Å². The van der Waals surface area contributed by atoms with Gasteiger partial charge in [-0.05, 0) is 25.2 Å². The van der Waals surface area contributed by atoms with Crippen LogP contribution in [0.1, 0.15) is 44.9 Å². The summed E-state index contributed by atoms with van der Waals surface area (Å²) in [5.74, 6) is -0.141. The molecule has 1 aliphatic carbocycles. The number of rotatable bonds is 4. The van der Waals surface area contributed by atoms with E-state index in [9.17, 15) is 9.59 Å². The van der Waals surface area contributed by atoms with Crippen LogP contribution in [0.2, 0.25) is 0 Å². The summed E-state index contributed by atoms with van der Waals surface area (Å²) in [5, 5.41) is 11.9. The molecule has 0 bridgehead atoms. The molecule has 0 radical (unpaired) electrons. The van der Waals surface area contributed by atoms with E-state index >= 15 is 0 Å². The van der Waals surface area contributed by atoms with E-state index in [1.165, 1.54) is 30.6 Å². The van der Waals surface area contributed by atoms with Gasteiger partial charge in [0.2, 0.25) is 0 Å². The summed E-state index contributed by atoms with van der Waals surface area (Å²) in [6.45, 7) is 1.23. The van der Waals surface area contributed by atoms with Gasteiger partial charge in [0, 0.05) is 13.1 Å². The number of hydrogen-bond donors (Lipinski definition) is 2. The monoisotopic (exact) mass is 254 g/mol. The Morgan fingerprint density at radius 2 is 1.89 bits per heavy atom. The second kappa shape index (κ2) is 6.07. The van der Waals surface area contributed by atoms with Gasteiger partial charge in [0.05, 0.1) is 0 Å². The minimum Gasteiger partial charge on any atom is -0.480 e. The Balaban J connectivity index is 1.71. The number of urea groups is 1. The van der Waals surface area contributed by atoms with Crippen molar-refractivity contribution >= 4 is 12.0 Å². The van der Waals surface area contributed by atoms with E-state index in [-0.39, 0.29) is 6.03 Å². The first kappa shape index (κ1) is 13.2. The van der Waals surface area contributed by atoms with E-state index in [1.54, 1.807) is 0 Å². The number of carboxylic acid groups (broad SMARTS) is 1. The molecule has 102 valence electrons. The minimum atomic E-state index is -0.890. The van der Waals surface area contributed by atoms with Gasteiger partial charge in [-0.3, -0.25) is 0 Å². The van der Waals surface area contributed by atoms with Crippen LogP contribution in [0.15, 0.2) is 0 Å². The number of carboxylic acids is 1. The third kappa shape index (κ3) is 3.15. The summed E-state index contributed by atoms with van der Waals surface area (Å²) in [6.07, 6.45) is 7.56. The van der Waals surface area contributed by atoms with Gasteiger partial charge >= 0.3 is 12.0 Å². The predicted octanol–water partition coefficient (Wildman–Crippen LogP) is 1.83. The second-order valence-electron chi connectivity index (χ2n) is 5.36. The lowest BCUT2D eigenvalue weighted by Gasteiger charge is -2.22. The first-order chi connectivity index (χ1) is 8.68. The number of amides is 2. The number of carbonyl (C=O) groups excluding carboxylic acids is 1. The Morgan fingerprint density at radius 1 is 1.17 bits per heavy atom. The van der Waals surface area contributed by atoms with Crippen LogP contribution in [0.25, 0.3) is 0 Å². The van der Waals surface area contributed by atoms with Crippen LogP contribution >= 0.6 is 0 Å². The maximum Gasteiger partial charge on any atom is 0.326 e. The highest BCUT2D eigenvalue weighted by Gasteiger charge is 2.33. The molecule has 1 saturated heterocycles. The Hall–Kier alpha value is -1.26. The Bertz CT molecular complexity index is 313. The molecule has 1 heterocycles. The summed E-state index contributed by atoms with van der Waals surface area (Å²) in [5.41, 5.74) is 0. The van der Waals surface area contributed by atoms with Crippen LogP contribution in [0, 0.1) is 5.92 Å². The smallest absolute Gasteiger partial charge is 0.326 e. The van der Waals surface area contributed by atoms with Crippen LogP contribution in [0.3, 0.4) is 0 Å². The van der Waals surface area contributed by atoms with E-state index in [1.807, 2.05) is 0 Å². The van der Waals surface area contributed by atoms with Gasteiger partial charge in [-0.15, -0.1) is 0 Å². The number of nitrogens with zero attached hydrogens (tertiary/aromatic N) is 1. The predicted molar refractivity (Wildman–Crippen MR) is 67.3 cm³/mol. The summed E-state index contributed by atoms with van der Waals surface area (Å²) >= 11 is 0. The lowest BCUT2D eigenvalue weighted by molar-refractivity contribution is -0.141. The molecule has 1 saturated carbocycles. The molecule has 2 fully saturated rings. The third-order valence-electron chi connectivity index (χ3n) is 4.10. The molecular weight excluding hydrogens is 232 g/mol. The minimum absolute atomic E-state index is 0.210. The molecule has 0 spiro atoms. The Morgan fingerprint density at radius 3 is 2.56 bits per heavy atom. The summed E-state index contributed by atoms with van der Waals surface area (Å²) in [6, 6.07) is -0.839. The first-order valence-corrected chi connectivity index (χ1v) is 6.96. The molecule has 5 heteroatoms. The first-order valence-electron chi connectivity index (χ1n) is 6.96. The maximum absolute atomic E-state index is 11.9. The number of likely N-dealkylation sites (tertiary alicyclic amines) is 1. The standard InChI is InChI=1S/C13H22N2O3/c16-12(17)11-6-3-9-15(11)13(18)14-8-7-10-4-1-2-5-10/h10-11H,1-9H2,(H,14,18)(H,16,17)/t11-/m0/s1. The summed E-state index contributed by atoms with van der Waals surface area (Å²) in [4.78, 5) is 24.3. The van der Waals surface area contributed by atoms with Crippen molar-refractivity contribution < 1.29 is 14.7 Å². The molecule has 18 heavy (non-hydrogen) atoms. The van der Waals surface area contributed by atoms with E-state index in [2.05, 4.69) is 5.32 Å². The molecule has 0 unspecified atom stereocenters. The van der Waals surface area contributed by atoms with E-state index in [0.29, 0.717) is 19.5 Å². The molecule has 0 aromatic heterocycles. The van der Waals surface area contributed by atoms with E-state index < -0.39 is 12.0 Å². The molecule has 2 amide bonds. The SMILES string of the molecule is O=C(O)[C@@H]1CCCN1C(=O)NCCC1CCCC1. The normalized spacial score (nSPS) is 24.4. The fraction of sp³-hybridized carbons (Fsp3) is 0.846. The molecule has 1 aliphatic heterocycles. The summed E-state index contributed by atoms with van der Waals surface area (Å²) < 4.78 is 0. The van der Waals surface area contributed by atoms with Crippen LogP contribution in [0.4, 0.5) is 4.79 Å². The van der Waals surface area contributed by atoms with Gasteiger partial charge in [0.25, 0.3) is 0 Å². The van der Waals surface area contributed by atoms with Gasteiger partial charge in [0.1, 0.15) is 6.04 Å². The molecule has 5 nitrogen and oxygen atoms in total. The van der Waals surface area contributed by atoms with Crippen molar-refractivity contribution in [3.63, 3.8) is 0 Å². The highest BCUT2D eigenvalue weighted by Crippen LogP contribution is 2.27. The summed E-state index contributed by atoms with van der Waals surface area (Å²) in [7, 11) is 0. The van der Waals surface area contributed by atoms with Crippen molar-refractivity contribution in [3.8, 4) is 0 Å². The average Bonchev–Trinajstić information content (AvgIpc) is 2.99. The van der Waals surface area contributed by atoms with Crippen molar-refractivity contribution in [3.05, 3.63) is 0 Å². The fourth-order valence-corrected chi connectivity index (χ4v) is 3.05. The third-order valence-corrected chi connectivity index (χ3v) is 4.10. The number of carbonyl (C=O) groups is 2. The molecule has 2 rings (SSSR count). The largest absolute Gasteiger partial charge is 0.480 e. The quantitative estimate of drug-likeness (QED) is 0.804. The van der Waals surface area contributed by atoms with Gasteiger partial charge in [0.15, 0.2) is 0 Å². The van der Waals surface area contributed by atoms with Crippen molar-refractivity contribution in [1.82, 2.24) is 10.2 Å². The fourth-order valence-electron chi connectivity index (χ4n) is 3.05. The zero-order valence-corrected chi connectivity index (χ0v) is 10.7. The van der Waals surface area contributed by atoms with Crippen molar-refractivity contribution in [2.75, 3.05) is 13.1 Å². The van der Waals surface area contributed by atoms with Gasteiger partial charge in [-0.2, -0.15) is 0 Å². The number of hydrogen-bond acceptors (Lipinski definition) is 2. The highest BCUT2D eigenvalue weighted by atomic mass is 16.4. The van der Waals surface area contributed by atoms with Gasteiger partial charge < -0.3 is 15.3 Å². The number of aliphatic carboxylic acids is 1. The molecule has 2 N–H and O–H groups in total. The molecular formula is C13H22N2O3. The lowest BCUT2D eigenvalue weighted by Crippen LogP contribution is -2.46. The van der Waals surface area contributed by atoms with E-state index in [0.717, 1.165) is 18.8 Å². The molecule has 0 aromatic rings. The molecule has 1 atom stereocenters. The van der Waals surface area contributed by atoms with Gasteiger partial charge in [-0.25, -0.2) is 9.59 Å². The van der Waals surface area contributed by atoms with Crippen molar-refractivity contribution in [2.24, 2.45) is 5.92 Å². The highest BCUT2D eigenvalue weighted by molar-refractivity contribution is 5.83. The zero-order chi connectivity index (χ0) is 13.0. The van der Waals surface area contributed by atoms with E-state index in [4.69, 9.17) is 5.11 Å². The topological polar surface area (TPSA) is 69.6 Å². The lowest BCUT2D eigenvalue weighted by atomic mass is 10.0.